The van der Waals surface area contributed by atoms with Crippen LogP contribution in [0, 0.1) is 17.0 Å². The van der Waals surface area contributed by atoms with Gasteiger partial charge in [-0.3, -0.25) is 10.1 Å². The minimum Gasteiger partial charge on any atom is -0.444 e. The van der Waals surface area contributed by atoms with E-state index in [1.54, 1.807) is 12.3 Å². The van der Waals surface area contributed by atoms with Gasteiger partial charge in [0.2, 0.25) is 5.89 Å². The van der Waals surface area contributed by atoms with E-state index >= 15 is 0 Å². The Kier molecular flexibility index (Phi) is 4.36. The van der Waals surface area contributed by atoms with Crippen LogP contribution in [0.25, 0.3) is 0 Å². The van der Waals surface area contributed by atoms with Crippen molar-refractivity contribution in [3.05, 3.63) is 56.7 Å². The monoisotopic (exact) mass is 295 g/mol. The van der Waals surface area contributed by atoms with Gasteiger partial charge >= 0.3 is 0 Å². The van der Waals surface area contributed by atoms with Crippen LogP contribution < -0.4 is 5.32 Å². The summed E-state index contributed by atoms with van der Waals surface area (Å²) < 4.78 is 5.40. The highest BCUT2D eigenvalue weighted by Crippen LogP contribution is 2.23. The van der Waals surface area contributed by atoms with Crippen molar-refractivity contribution in [3.63, 3.8) is 0 Å². The largest absolute Gasteiger partial charge is 0.444 e. The van der Waals surface area contributed by atoms with Crippen molar-refractivity contribution in [2.45, 2.75) is 26.4 Å². The number of hydrogen-bond acceptors (Lipinski definition) is 5. The van der Waals surface area contributed by atoms with Gasteiger partial charge in [-0.2, -0.15) is 0 Å². The number of nitrogens with one attached hydrogen (secondary N) is 1. The molecule has 106 valence electrons. The molecule has 1 heterocycles. The second-order valence-corrected chi connectivity index (χ2v) is 4.88. The van der Waals surface area contributed by atoms with Gasteiger partial charge in [-0.15, -0.1) is 0 Å². The highest BCUT2D eigenvalue weighted by Gasteiger charge is 2.16. The Balaban J connectivity index is 2.10. The molecule has 0 aliphatic rings. The first-order valence-corrected chi connectivity index (χ1v) is 6.43. The van der Waals surface area contributed by atoms with Gasteiger partial charge in [0.25, 0.3) is 5.69 Å². The third kappa shape index (κ3) is 3.34. The second-order valence-electron chi connectivity index (χ2n) is 4.44. The van der Waals surface area contributed by atoms with Gasteiger partial charge in [-0.1, -0.05) is 11.6 Å². The molecular weight excluding hydrogens is 282 g/mol. The predicted octanol–water partition coefficient (Wildman–Crippen LogP) is 3.40. The number of oxazole rings is 1. The van der Waals surface area contributed by atoms with Crippen LogP contribution in [-0.2, 0) is 6.54 Å². The minimum absolute atomic E-state index is 0.0395. The standard InChI is InChI=1S/C13H14ClN3O3/c1-8-6-16-13(20-8)9(2)15-7-10-5-11(14)3-4-12(10)17(18)19/h3-6,9,15H,7H2,1-2H3. The van der Waals surface area contributed by atoms with Crippen LogP contribution in [0.2, 0.25) is 5.02 Å². The maximum Gasteiger partial charge on any atom is 0.273 e. The number of benzene rings is 1. The summed E-state index contributed by atoms with van der Waals surface area (Å²) in [7, 11) is 0. The van der Waals surface area contributed by atoms with E-state index in [4.69, 9.17) is 16.0 Å². The van der Waals surface area contributed by atoms with Gasteiger partial charge in [0, 0.05) is 23.2 Å². The minimum atomic E-state index is -0.423. The van der Waals surface area contributed by atoms with E-state index < -0.39 is 4.92 Å². The lowest BCUT2D eigenvalue weighted by Gasteiger charge is -2.10. The van der Waals surface area contributed by atoms with E-state index in [-0.39, 0.29) is 11.7 Å². The van der Waals surface area contributed by atoms with E-state index in [9.17, 15) is 10.1 Å². The Bertz CT molecular complexity index is 627. The first-order chi connectivity index (χ1) is 9.47. The number of hydrogen-bond donors (Lipinski definition) is 1. The second kappa shape index (κ2) is 6.02. The summed E-state index contributed by atoms with van der Waals surface area (Å²) in [5.74, 6) is 1.27. The molecule has 0 aliphatic heterocycles. The molecule has 0 fully saturated rings. The van der Waals surface area contributed by atoms with E-state index in [0.29, 0.717) is 23.0 Å². The Hall–Kier alpha value is -1.92. The smallest absolute Gasteiger partial charge is 0.273 e. The molecule has 7 heteroatoms. The number of nitro benzene ring substituents is 1. The summed E-state index contributed by atoms with van der Waals surface area (Å²) in [6, 6.07) is 4.34. The van der Waals surface area contributed by atoms with E-state index in [1.807, 2.05) is 13.8 Å². The Labute approximate surface area is 120 Å². The van der Waals surface area contributed by atoms with Crippen molar-refractivity contribution >= 4 is 17.3 Å². The molecular formula is C13H14ClN3O3. The van der Waals surface area contributed by atoms with Crippen molar-refractivity contribution in [1.29, 1.82) is 0 Å². The number of aromatic nitrogens is 1. The van der Waals surface area contributed by atoms with Crippen molar-refractivity contribution in [1.82, 2.24) is 10.3 Å². The molecule has 20 heavy (non-hydrogen) atoms. The van der Waals surface area contributed by atoms with Gasteiger partial charge in [-0.25, -0.2) is 4.98 Å². The number of aryl methyl sites for hydroxylation is 1. The number of halogens is 1. The molecule has 6 nitrogen and oxygen atoms in total. The number of nitrogens with zero attached hydrogens (tertiary/aromatic N) is 2. The van der Waals surface area contributed by atoms with Gasteiger partial charge < -0.3 is 9.73 Å². The maximum absolute atomic E-state index is 11.0. The van der Waals surface area contributed by atoms with Gasteiger partial charge in [0.1, 0.15) is 5.76 Å². The summed E-state index contributed by atoms with van der Waals surface area (Å²) in [6.45, 7) is 3.99. The summed E-state index contributed by atoms with van der Waals surface area (Å²) in [5.41, 5.74) is 0.565. The molecule has 0 amide bonds. The molecule has 0 bridgehead atoms. The van der Waals surface area contributed by atoms with Crippen LogP contribution >= 0.6 is 11.6 Å². The fourth-order valence-corrected chi connectivity index (χ4v) is 1.99. The van der Waals surface area contributed by atoms with Crippen LogP contribution in [0.15, 0.2) is 28.8 Å². The first kappa shape index (κ1) is 14.5. The molecule has 0 radical (unpaired) electrons. The summed E-state index contributed by atoms with van der Waals surface area (Å²) in [4.78, 5) is 14.6. The number of nitro groups is 1. The molecule has 0 saturated heterocycles. The lowest BCUT2D eigenvalue weighted by atomic mass is 10.1. The van der Waals surface area contributed by atoms with Crippen LogP contribution in [-0.4, -0.2) is 9.91 Å². The molecule has 0 aliphatic carbocycles. The maximum atomic E-state index is 11.0. The lowest BCUT2D eigenvalue weighted by Crippen LogP contribution is -2.19. The quantitative estimate of drug-likeness (QED) is 0.675. The zero-order valence-corrected chi connectivity index (χ0v) is 11.8. The van der Waals surface area contributed by atoms with Gasteiger partial charge in [-0.05, 0) is 26.0 Å². The normalized spacial score (nSPS) is 12.3. The van der Waals surface area contributed by atoms with Gasteiger partial charge in [0.15, 0.2) is 0 Å². The summed E-state index contributed by atoms with van der Waals surface area (Å²) in [5, 5.41) is 14.6. The fourth-order valence-electron chi connectivity index (χ4n) is 1.80. The fraction of sp³-hybridized carbons (Fsp3) is 0.308. The van der Waals surface area contributed by atoms with Crippen LogP contribution in [0.5, 0.6) is 0 Å². The number of rotatable bonds is 5. The molecule has 0 saturated carbocycles. The molecule has 1 unspecified atom stereocenters. The van der Waals surface area contributed by atoms with Gasteiger partial charge in [0.05, 0.1) is 17.2 Å². The third-order valence-corrected chi connectivity index (χ3v) is 3.08. The van der Waals surface area contributed by atoms with Crippen LogP contribution in [0.3, 0.4) is 0 Å². The summed E-state index contributed by atoms with van der Waals surface area (Å²) >= 11 is 5.88. The molecule has 1 aromatic heterocycles. The first-order valence-electron chi connectivity index (χ1n) is 6.06. The molecule has 1 N–H and O–H groups in total. The summed E-state index contributed by atoms with van der Waals surface area (Å²) in [6.07, 6.45) is 1.63. The average molecular weight is 296 g/mol. The van der Waals surface area contributed by atoms with E-state index in [0.717, 1.165) is 5.76 Å². The van der Waals surface area contributed by atoms with Crippen molar-refractivity contribution in [3.8, 4) is 0 Å². The average Bonchev–Trinajstić information content (AvgIpc) is 2.82. The third-order valence-electron chi connectivity index (χ3n) is 2.85. The van der Waals surface area contributed by atoms with Crippen molar-refractivity contribution in [2.24, 2.45) is 0 Å². The topological polar surface area (TPSA) is 81.2 Å². The molecule has 1 aromatic carbocycles. The zero-order valence-electron chi connectivity index (χ0n) is 11.1. The molecule has 2 rings (SSSR count). The van der Waals surface area contributed by atoms with Crippen molar-refractivity contribution in [2.75, 3.05) is 0 Å². The SMILES string of the molecule is Cc1cnc(C(C)NCc2cc(Cl)ccc2[N+](=O)[O-])o1. The highest BCUT2D eigenvalue weighted by atomic mass is 35.5. The Morgan fingerprint density at radius 1 is 1.55 bits per heavy atom. The Morgan fingerprint density at radius 2 is 2.30 bits per heavy atom. The van der Waals surface area contributed by atoms with Crippen LogP contribution in [0.4, 0.5) is 5.69 Å². The van der Waals surface area contributed by atoms with Crippen LogP contribution in [0.1, 0.15) is 30.2 Å². The lowest BCUT2D eigenvalue weighted by molar-refractivity contribution is -0.385. The predicted molar refractivity (Wildman–Crippen MR) is 74.6 cm³/mol. The molecule has 2 aromatic rings. The van der Waals surface area contributed by atoms with E-state index in [1.165, 1.54) is 12.1 Å². The Morgan fingerprint density at radius 3 is 2.90 bits per heavy atom. The van der Waals surface area contributed by atoms with Crippen molar-refractivity contribution < 1.29 is 9.34 Å². The zero-order chi connectivity index (χ0) is 14.7. The van der Waals surface area contributed by atoms with E-state index in [2.05, 4.69) is 10.3 Å². The highest BCUT2D eigenvalue weighted by molar-refractivity contribution is 6.30. The molecule has 0 spiro atoms. The molecule has 1 atom stereocenters.